The zero-order valence-electron chi connectivity index (χ0n) is 24.4. The number of nitrogens with zero attached hydrogens (tertiary/aromatic N) is 8. The number of carbonyl (C=O) groups excluding carboxylic acids is 1. The Balaban J connectivity index is 1.19. The number of hydrogen-bond donors (Lipinski definition) is 1. The lowest BCUT2D eigenvalue weighted by atomic mass is 10.2. The molecule has 3 aromatic heterocycles. The second kappa shape index (κ2) is 11.1. The third-order valence-corrected chi connectivity index (χ3v) is 6.90. The Morgan fingerprint density at radius 1 is 1.00 bits per heavy atom. The molecule has 1 fully saturated rings. The van der Waals surface area contributed by atoms with Crippen molar-refractivity contribution in [3.05, 3.63) is 60.8 Å². The van der Waals surface area contributed by atoms with Gasteiger partial charge in [0.1, 0.15) is 34.5 Å². The summed E-state index contributed by atoms with van der Waals surface area (Å²) >= 11 is 0. The van der Waals surface area contributed by atoms with E-state index in [1.165, 1.54) is 6.33 Å². The summed E-state index contributed by atoms with van der Waals surface area (Å²) in [4.78, 5) is 38.7. The first-order valence-corrected chi connectivity index (χ1v) is 13.8. The number of anilines is 3. The van der Waals surface area contributed by atoms with E-state index in [0.29, 0.717) is 71.7 Å². The number of terminal acetylenes is 1. The summed E-state index contributed by atoms with van der Waals surface area (Å²) in [5.74, 6) is 4.94. The van der Waals surface area contributed by atoms with Crippen molar-refractivity contribution in [2.24, 2.45) is 7.05 Å². The third kappa shape index (κ3) is 5.97. The quantitative estimate of drug-likeness (QED) is 0.289. The highest BCUT2D eigenvalue weighted by atomic mass is 16.6. The average molecular weight is 578 g/mol. The van der Waals surface area contributed by atoms with E-state index in [4.69, 9.17) is 20.9 Å². The topological polar surface area (TPSA) is 123 Å². The minimum Gasteiger partial charge on any atom is -0.456 e. The van der Waals surface area contributed by atoms with Gasteiger partial charge >= 0.3 is 6.09 Å². The van der Waals surface area contributed by atoms with Crippen LogP contribution in [0.4, 0.5) is 22.2 Å². The zero-order valence-corrected chi connectivity index (χ0v) is 24.4. The monoisotopic (exact) mass is 577 g/mol. The maximum absolute atomic E-state index is 12.5. The summed E-state index contributed by atoms with van der Waals surface area (Å²) < 4.78 is 13.6. The van der Waals surface area contributed by atoms with Crippen LogP contribution in [-0.4, -0.2) is 72.3 Å². The number of hydrogen-bond acceptors (Lipinski definition) is 10. The molecule has 43 heavy (non-hydrogen) atoms. The molecule has 12 nitrogen and oxygen atoms in total. The third-order valence-electron chi connectivity index (χ3n) is 6.90. The summed E-state index contributed by atoms with van der Waals surface area (Å²) in [6, 6.07) is 11.2. The molecule has 0 atom stereocenters. The number of amides is 1. The molecule has 0 bridgehead atoms. The SMILES string of the molecule is C#Cc1cc(Nc2ncnc3cnc(N4CCN(C(=O)OC(C)(C)C)CC4)nc23)ccc1Oc1ccc2c(c1)ncn2C. The van der Waals surface area contributed by atoms with Gasteiger partial charge in [0, 0.05) is 45.0 Å². The minimum absolute atomic E-state index is 0.316. The predicted octanol–water partition coefficient (Wildman–Crippen LogP) is 4.88. The molecule has 0 unspecified atom stereocenters. The van der Waals surface area contributed by atoms with E-state index in [2.05, 4.69) is 31.2 Å². The van der Waals surface area contributed by atoms with E-state index >= 15 is 0 Å². The summed E-state index contributed by atoms with van der Waals surface area (Å²) in [6.07, 6.45) is 10.4. The molecule has 0 radical (unpaired) electrons. The molecule has 0 saturated carbocycles. The molecule has 1 amide bonds. The van der Waals surface area contributed by atoms with Crippen molar-refractivity contribution in [1.29, 1.82) is 0 Å². The van der Waals surface area contributed by atoms with Crippen LogP contribution in [0.3, 0.4) is 0 Å². The van der Waals surface area contributed by atoms with Gasteiger partial charge in [0.2, 0.25) is 5.95 Å². The van der Waals surface area contributed by atoms with Crippen molar-refractivity contribution in [3.63, 3.8) is 0 Å². The van der Waals surface area contributed by atoms with Gasteiger partial charge in [0.05, 0.1) is 29.1 Å². The van der Waals surface area contributed by atoms with Crippen LogP contribution in [0.5, 0.6) is 11.5 Å². The number of aromatic nitrogens is 6. The van der Waals surface area contributed by atoms with E-state index in [-0.39, 0.29) is 6.09 Å². The molecule has 4 heterocycles. The number of rotatable bonds is 5. The molecule has 1 saturated heterocycles. The Labute approximate surface area is 248 Å². The van der Waals surface area contributed by atoms with E-state index in [1.807, 2.05) is 73.7 Å². The summed E-state index contributed by atoms with van der Waals surface area (Å²) in [5, 5.41) is 3.32. The Morgan fingerprint density at radius 3 is 2.58 bits per heavy atom. The van der Waals surface area contributed by atoms with Gasteiger partial charge in [-0.2, -0.15) is 0 Å². The fourth-order valence-corrected chi connectivity index (χ4v) is 4.76. The largest absolute Gasteiger partial charge is 0.456 e. The Bertz CT molecular complexity index is 1860. The molecule has 1 aliphatic rings. The van der Waals surface area contributed by atoms with Crippen LogP contribution >= 0.6 is 0 Å². The first-order valence-electron chi connectivity index (χ1n) is 13.8. The van der Waals surface area contributed by atoms with Crippen molar-refractivity contribution >= 4 is 45.6 Å². The van der Waals surface area contributed by atoms with Crippen LogP contribution in [-0.2, 0) is 11.8 Å². The van der Waals surface area contributed by atoms with Crippen molar-refractivity contribution < 1.29 is 14.3 Å². The number of piperazine rings is 1. The molecule has 218 valence electrons. The van der Waals surface area contributed by atoms with E-state index in [0.717, 1.165) is 11.0 Å². The molecule has 1 aliphatic heterocycles. The van der Waals surface area contributed by atoms with Crippen LogP contribution in [0.1, 0.15) is 26.3 Å². The Morgan fingerprint density at radius 2 is 1.81 bits per heavy atom. The maximum Gasteiger partial charge on any atom is 0.410 e. The highest BCUT2D eigenvalue weighted by Gasteiger charge is 2.27. The van der Waals surface area contributed by atoms with E-state index in [9.17, 15) is 4.79 Å². The molecule has 2 aromatic carbocycles. The van der Waals surface area contributed by atoms with Gasteiger partial charge < -0.3 is 29.2 Å². The number of ether oxygens (including phenoxy) is 2. The number of nitrogens with one attached hydrogen (secondary N) is 1. The zero-order chi connectivity index (χ0) is 30.1. The lowest BCUT2D eigenvalue weighted by Gasteiger charge is -2.35. The molecule has 6 rings (SSSR count). The molecule has 12 heteroatoms. The normalized spacial score (nSPS) is 13.7. The first kappa shape index (κ1) is 27.7. The summed E-state index contributed by atoms with van der Waals surface area (Å²) in [7, 11) is 1.95. The first-order chi connectivity index (χ1) is 20.7. The van der Waals surface area contributed by atoms with E-state index in [1.54, 1.807) is 17.4 Å². The standard InChI is InChI=1S/C31H31N9O3/c1-6-20-15-21(7-10-26(20)42-22-8-9-25-23(16-22)35-19-38(25)5)36-28-27-24(33-18-34-28)17-32-29(37-27)39-11-13-40(14-12-39)30(41)43-31(2,3)4/h1,7-10,15-19H,11-14H2,2-5H3,(H,33,34,36). The number of fused-ring (bicyclic) bond motifs is 2. The van der Waals surface area contributed by atoms with Gasteiger partial charge in [0.15, 0.2) is 5.82 Å². The highest BCUT2D eigenvalue weighted by Crippen LogP contribution is 2.31. The maximum atomic E-state index is 12.5. The molecule has 1 N–H and O–H groups in total. The van der Waals surface area contributed by atoms with E-state index < -0.39 is 5.60 Å². The highest BCUT2D eigenvalue weighted by molar-refractivity contribution is 5.87. The molecular weight excluding hydrogens is 546 g/mol. The second-order valence-corrected chi connectivity index (χ2v) is 11.2. The predicted molar refractivity (Wildman–Crippen MR) is 164 cm³/mol. The fraction of sp³-hybridized carbons (Fsp3) is 0.290. The van der Waals surface area contributed by atoms with Gasteiger partial charge in [0.25, 0.3) is 0 Å². The van der Waals surface area contributed by atoms with Crippen molar-refractivity contribution in [3.8, 4) is 23.8 Å². The molecular formula is C31H31N9O3. The second-order valence-electron chi connectivity index (χ2n) is 11.2. The van der Waals surface area contributed by atoms with Crippen LogP contribution in [0, 0.1) is 12.3 Å². The number of imidazole rings is 1. The Kier molecular flexibility index (Phi) is 7.15. The molecule has 0 aliphatic carbocycles. The van der Waals surface area contributed by atoms with Gasteiger partial charge in [-0.1, -0.05) is 5.92 Å². The van der Waals surface area contributed by atoms with Gasteiger partial charge in [-0.3, -0.25) is 0 Å². The smallest absolute Gasteiger partial charge is 0.410 e. The summed E-state index contributed by atoms with van der Waals surface area (Å²) in [5.41, 5.74) is 3.75. The van der Waals surface area contributed by atoms with Crippen LogP contribution in [0.25, 0.3) is 22.1 Å². The van der Waals surface area contributed by atoms with Crippen LogP contribution in [0.15, 0.2) is 55.2 Å². The number of carbonyl (C=O) groups is 1. The number of aryl methyl sites for hydroxylation is 1. The Hall–Kier alpha value is -5.44. The molecule has 0 spiro atoms. The van der Waals surface area contributed by atoms with Crippen molar-refractivity contribution in [2.75, 3.05) is 36.4 Å². The van der Waals surface area contributed by atoms with Crippen LogP contribution < -0.4 is 15.0 Å². The van der Waals surface area contributed by atoms with Crippen LogP contribution in [0.2, 0.25) is 0 Å². The summed E-state index contributed by atoms with van der Waals surface area (Å²) in [6.45, 7) is 7.73. The average Bonchev–Trinajstić information content (AvgIpc) is 3.36. The fourth-order valence-electron chi connectivity index (χ4n) is 4.76. The van der Waals surface area contributed by atoms with Gasteiger partial charge in [-0.15, -0.1) is 6.42 Å². The number of benzene rings is 2. The van der Waals surface area contributed by atoms with Gasteiger partial charge in [-0.25, -0.2) is 29.7 Å². The van der Waals surface area contributed by atoms with Gasteiger partial charge in [-0.05, 0) is 51.1 Å². The lowest BCUT2D eigenvalue weighted by molar-refractivity contribution is 0.0240. The van der Waals surface area contributed by atoms with Crippen molar-refractivity contribution in [1.82, 2.24) is 34.4 Å². The van der Waals surface area contributed by atoms with Crippen molar-refractivity contribution in [2.45, 2.75) is 26.4 Å². The minimum atomic E-state index is -0.539. The molecule has 5 aromatic rings. The lowest BCUT2D eigenvalue weighted by Crippen LogP contribution is -2.50.